The van der Waals surface area contributed by atoms with Crippen molar-refractivity contribution in [1.82, 2.24) is 5.32 Å². The Morgan fingerprint density at radius 1 is 1.50 bits per heavy atom. The van der Waals surface area contributed by atoms with Gasteiger partial charge in [-0.25, -0.2) is 0 Å². The number of halogens is 1. The van der Waals surface area contributed by atoms with Gasteiger partial charge in [-0.15, -0.1) is 0 Å². The highest BCUT2D eigenvalue weighted by Gasteiger charge is 2.19. The lowest BCUT2D eigenvalue weighted by atomic mass is 9.90. The molecular formula is C12H16ClN. The molecule has 1 unspecified atom stereocenters. The second kappa shape index (κ2) is 3.92. The second-order valence-corrected chi connectivity index (χ2v) is 4.39. The van der Waals surface area contributed by atoms with Gasteiger partial charge in [-0.2, -0.15) is 0 Å². The molecular weight excluding hydrogens is 194 g/mol. The molecule has 1 N–H and O–H groups in total. The molecule has 0 radical (unpaired) electrons. The highest BCUT2D eigenvalue weighted by atomic mass is 35.5. The summed E-state index contributed by atoms with van der Waals surface area (Å²) in [4.78, 5) is 0. The van der Waals surface area contributed by atoms with Gasteiger partial charge in [-0.1, -0.05) is 18.5 Å². The lowest BCUT2D eigenvalue weighted by Crippen LogP contribution is -2.29. The number of fused-ring (bicyclic) bond motifs is 1. The maximum absolute atomic E-state index is 6.08. The molecule has 14 heavy (non-hydrogen) atoms. The minimum absolute atomic E-state index is 0.496. The Labute approximate surface area is 90.5 Å². The van der Waals surface area contributed by atoms with Crippen molar-refractivity contribution in [3.8, 4) is 0 Å². The quantitative estimate of drug-likeness (QED) is 0.749. The van der Waals surface area contributed by atoms with Gasteiger partial charge in [-0.3, -0.25) is 0 Å². The lowest BCUT2D eigenvalue weighted by Gasteiger charge is -2.27. The van der Waals surface area contributed by atoms with E-state index in [9.17, 15) is 0 Å². The molecule has 1 aromatic rings. The fourth-order valence-corrected chi connectivity index (χ4v) is 2.58. The predicted octanol–water partition coefficient (Wildman–Crippen LogP) is 3.25. The first-order valence-corrected chi connectivity index (χ1v) is 5.62. The Morgan fingerprint density at radius 3 is 3.00 bits per heavy atom. The molecule has 0 bridgehead atoms. The minimum atomic E-state index is 0.496. The van der Waals surface area contributed by atoms with Crippen molar-refractivity contribution >= 4 is 11.6 Å². The predicted molar refractivity (Wildman–Crippen MR) is 60.9 cm³/mol. The summed E-state index contributed by atoms with van der Waals surface area (Å²) in [5, 5.41) is 4.39. The molecule has 2 heteroatoms. The van der Waals surface area contributed by atoms with E-state index >= 15 is 0 Å². The van der Waals surface area contributed by atoms with Crippen LogP contribution in [0.3, 0.4) is 0 Å². The van der Waals surface area contributed by atoms with E-state index in [1.807, 2.05) is 0 Å². The van der Waals surface area contributed by atoms with Gasteiger partial charge in [0.1, 0.15) is 0 Å². The molecule has 0 saturated carbocycles. The molecule has 0 spiro atoms. The zero-order valence-electron chi connectivity index (χ0n) is 8.73. The normalized spacial score (nSPS) is 20.6. The molecule has 0 aromatic heterocycles. The highest BCUT2D eigenvalue weighted by Crippen LogP contribution is 2.30. The smallest absolute Gasteiger partial charge is 0.0412 e. The van der Waals surface area contributed by atoms with E-state index in [-0.39, 0.29) is 0 Å². The molecule has 2 rings (SSSR count). The van der Waals surface area contributed by atoms with Crippen molar-refractivity contribution in [3.05, 3.63) is 33.8 Å². The number of hydrogen-bond acceptors (Lipinski definition) is 1. The summed E-state index contributed by atoms with van der Waals surface area (Å²) in [6.07, 6.45) is 2.27. The van der Waals surface area contributed by atoms with Crippen molar-refractivity contribution in [2.75, 3.05) is 6.54 Å². The first kappa shape index (κ1) is 10.0. The maximum Gasteiger partial charge on any atom is 0.0412 e. The zero-order chi connectivity index (χ0) is 10.1. The van der Waals surface area contributed by atoms with Crippen molar-refractivity contribution in [3.63, 3.8) is 0 Å². The monoisotopic (exact) mass is 209 g/mol. The number of aryl methyl sites for hydroxylation is 1. The third-order valence-corrected chi connectivity index (χ3v) is 3.24. The van der Waals surface area contributed by atoms with E-state index in [1.54, 1.807) is 0 Å². The Bertz CT molecular complexity index is 346. The molecule has 0 amide bonds. The minimum Gasteiger partial charge on any atom is -0.310 e. The highest BCUT2D eigenvalue weighted by molar-refractivity contribution is 6.30. The molecule has 1 aliphatic rings. The third kappa shape index (κ3) is 1.67. The van der Waals surface area contributed by atoms with Crippen LogP contribution in [-0.2, 0) is 6.42 Å². The lowest BCUT2D eigenvalue weighted by molar-refractivity contribution is 0.491. The standard InChI is InChI=1S/C12H16ClN/c1-3-12-11-7-9(13)6-8(2)10(11)4-5-14-12/h6-7,12,14H,3-5H2,1-2H3. The van der Waals surface area contributed by atoms with Crippen molar-refractivity contribution in [2.24, 2.45) is 0 Å². The van der Waals surface area contributed by atoms with Gasteiger partial charge in [0.15, 0.2) is 0 Å². The molecule has 1 heterocycles. The van der Waals surface area contributed by atoms with Crippen LogP contribution in [0, 0.1) is 6.92 Å². The number of hydrogen-bond donors (Lipinski definition) is 1. The van der Waals surface area contributed by atoms with Crippen LogP contribution < -0.4 is 5.32 Å². The van der Waals surface area contributed by atoms with E-state index in [0.717, 1.165) is 24.4 Å². The molecule has 0 fully saturated rings. The summed E-state index contributed by atoms with van der Waals surface area (Å²) in [7, 11) is 0. The van der Waals surface area contributed by atoms with Gasteiger partial charge < -0.3 is 5.32 Å². The average Bonchev–Trinajstić information content (AvgIpc) is 2.17. The van der Waals surface area contributed by atoms with Gasteiger partial charge >= 0.3 is 0 Å². The fraction of sp³-hybridized carbons (Fsp3) is 0.500. The summed E-state index contributed by atoms with van der Waals surface area (Å²) in [5.74, 6) is 0. The summed E-state index contributed by atoms with van der Waals surface area (Å²) >= 11 is 6.08. The van der Waals surface area contributed by atoms with E-state index in [0.29, 0.717) is 6.04 Å². The van der Waals surface area contributed by atoms with Crippen LogP contribution in [-0.4, -0.2) is 6.54 Å². The summed E-state index contributed by atoms with van der Waals surface area (Å²) in [6, 6.07) is 4.68. The Balaban J connectivity index is 2.51. The van der Waals surface area contributed by atoms with Crippen LogP contribution in [0.25, 0.3) is 0 Å². The summed E-state index contributed by atoms with van der Waals surface area (Å²) in [5.41, 5.74) is 4.25. The molecule has 1 aliphatic heterocycles. The van der Waals surface area contributed by atoms with Crippen LogP contribution in [0.1, 0.15) is 36.1 Å². The van der Waals surface area contributed by atoms with Gasteiger partial charge in [-0.05, 0) is 55.1 Å². The van der Waals surface area contributed by atoms with Gasteiger partial charge in [0.05, 0.1) is 0 Å². The van der Waals surface area contributed by atoms with E-state index in [2.05, 4.69) is 31.3 Å². The van der Waals surface area contributed by atoms with Crippen LogP contribution in [0.5, 0.6) is 0 Å². The first-order chi connectivity index (χ1) is 6.72. The van der Waals surface area contributed by atoms with Gasteiger partial charge in [0.25, 0.3) is 0 Å². The number of nitrogens with one attached hydrogen (secondary N) is 1. The molecule has 0 aliphatic carbocycles. The zero-order valence-corrected chi connectivity index (χ0v) is 9.49. The van der Waals surface area contributed by atoms with E-state index < -0.39 is 0 Å². The Morgan fingerprint density at radius 2 is 2.29 bits per heavy atom. The molecule has 0 saturated heterocycles. The summed E-state index contributed by atoms with van der Waals surface area (Å²) < 4.78 is 0. The van der Waals surface area contributed by atoms with Crippen molar-refractivity contribution < 1.29 is 0 Å². The van der Waals surface area contributed by atoms with Crippen molar-refractivity contribution in [2.45, 2.75) is 32.7 Å². The van der Waals surface area contributed by atoms with Crippen LogP contribution >= 0.6 is 11.6 Å². The second-order valence-electron chi connectivity index (χ2n) is 3.96. The van der Waals surface area contributed by atoms with E-state index in [4.69, 9.17) is 11.6 Å². The largest absolute Gasteiger partial charge is 0.310 e. The number of benzene rings is 1. The molecule has 1 nitrogen and oxygen atoms in total. The van der Waals surface area contributed by atoms with Crippen LogP contribution in [0.15, 0.2) is 12.1 Å². The van der Waals surface area contributed by atoms with Crippen LogP contribution in [0.2, 0.25) is 5.02 Å². The van der Waals surface area contributed by atoms with Crippen LogP contribution in [0.4, 0.5) is 0 Å². The average molecular weight is 210 g/mol. The Hall–Kier alpha value is -0.530. The van der Waals surface area contributed by atoms with E-state index in [1.165, 1.54) is 16.7 Å². The van der Waals surface area contributed by atoms with Crippen molar-refractivity contribution in [1.29, 1.82) is 0 Å². The van der Waals surface area contributed by atoms with Gasteiger partial charge in [0, 0.05) is 11.1 Å². The fourth-order valence-electron chi connectivity index (χ4n) is 2.30. The topological polar surface area (TPSA) is 12.0 Å². The van der Waals surface area contributed by atoms with Gasteiger partial charge in [0.2, 0.25) is 0 Å². The maximum atomic E-state index is 6.08. The molecule has 76 valence electrons. The SMILES string of the molecule is CCC1NCCc2c(C)cc(Cl)cc21. The molecule has 1 aromatic carbocycles. The third-order valence-electron chi connectivity index (χ3n) is 3.02. The summed E-state index contributed by atoms with van der Waals surface area (Å²) in [6.45, 7) is 5.46. The first-order valence-electron chi connectivity index (χ1n) is 5.24. The number of rotatable bonds is 1. The Kier molecular flexibility index (Phi) is 2.80. The molecule has 1 atom stereocenters.